The normalized spacial score (nSPS) is 54.1. The van der Waals surface area contributed by atoms with Gasteiger partial charge in [-0.15, -0.1) is 0 Å². The van der Waals surface area contributed by atoms with Gasteiger partial charge in [0.1, 0.15) is 0 Å². The van der Waals surface area contributed by atoms with Gasteiger partial charge in [-0.25, -0.2) is 0 Å². The smallest absolute Gasteiger partial charge is 0.164 e. The zero-order valence-electron chi connectivity index (χ0n) is 8.55. The van der Waals surface area contributed by atoms with Crippen molar-refractivity contribution in [1.82, 2.24) is 0 Å². The maximum atomic E-state index is 5.72. The molecule has 2 bridgehead atoms. The molecule has 3 rings (SSSR count). The van der Waals surface area contributed by atoms with E-state index in [2.05, 4.69) is 12.2 Å². The highest BCUT2D eigenvalue weighted by molar-refractivity contribution is 5.16. The molecule has 78 valence electrons. The van der Waals surface area contributed by atoms with Gasteiger partial charge in [0.2, 0.25) is 0 Å². The van der Waals surface area contributed by atoms with Crippen molar-refractivity contribution in [3.8, 4) is 0 Å². The summed E-state index contributed by atoms with van der Waals surface area (Å²) in [5.74, 6) is 2.32. The first-order valence-electron chi connectivity index (χ1n) is 5.24. The molecule has 0 unspecified atom stereocenters. The van der Waals surface area contributed by atoms with Crippen molar-refractivity contribution in [3.05, 3.63) is 12.2 Å². The van der Waals surface area contributed by atoms with E-state index >= 15 is 0 Å². The number of allylic oxidation sites excluding steroid dienone is 2. The van der Waals surface area contributed by atoms with E-state index in [4.69, 9.17) is 14.2 Å². The van der Waals surface area contributed by atoms with E-state index in [1.165, 1.54) is 6.42 Å². The SMILES string of the molecule is CO[C@@H]1O[C@H](OC)[C@H]2[C@@H]1[C@@H]1C=C[C@H]2C1. The van der Waals surface area contributed by atoms with Crippen molar-refractivity contribution >= 4 is 0 Å². The van der Waals surface area contributed by atoms with Crippen LogP contribution in [0.5, 0.6) is 0 Å². The Morgan fingerprint density at radius 2 is 1.50 bits per heavy atom. The summed E-state index contributed by atoms with van der Waals surface area (Å²) in [6.45, 7) is 0. The molecule has 1 saturated heterocycles. The van der Waals surface area contributed by atoms with Crippen LogP contribution in [0.2, 0.25) is 0 Å². The third kappa shape index (κ3) is 0.977. The van der Waals surface area contributed by atoms with E-state index in [-0.39, 0.29) is 12.6 Å². The molecule has 0 N–H and O–H groups in total. The Labute approximate surface area is 84.0 Å². The minimum Gasteiger partial charge on any atom is -0.355 e. The fraction of sp³-hybridized carbons (Fsp3) is 0.818. The van der Waals surface area contributed by atoms with Crippen LogP contribution in [0.3, 0.4) is 0 Å². The second-order valence-electron chi connectivity index (χ2n) is 4.45. The molecule has 0 aromatic heterocycles. The number of hydrogen-bond donors (Lipinski definition) is 0. The Morgan fingerprint density at radius 1 is 1.00 bits per heavy atom. The van der Waals surface area contributed by atoms with Crippen molar-refractivity contribution < 1.29 is 14.2 Å². The molecule has 2 aliphatic carbocycles. The topological polar surface area (TPSA) is 27.7 Å². The summed E-state index contributed by atoms with van der Waals surface area (Å²) in [6.07, 6.45) is 5.77. The Bertz CT molecular complexity index is 239. The molecule has 6 atom stereocenters. The predicted molar refractivity (Wildman–Crippen MR) is 50.4 cm³/mol. The maximum Gasteiger partial charge on any atom is 0.164 e. The number of ether oxygens (including phenoxy) is 3. The third-order valence-electron chi connectivity index (χ3n) is 3.94. The van der Waals surface area contributed by atoms with Gasteiger partial charge < -0.3 is 14.2 Å². The zero-order valence-corrected chi connectivity index (χ0v) is 8.55. The van der Waals surface area contributed by atoms with Crippen molar-refractivity contribution in [3.63, 3.8) is 0 Å². The van der Waals surface area contributed by atoms with E-state index in [1.54, 1.807) is 14.2 Å². The second-order valence-corrected chi connectivity index (χ2v) is 4.45. The van der Waals surface area contributed by atoms with E-state index in [0.717, 1.165) is 0 Å². The molecule has 1 heterocycles. The number of hydrogen-bond acceptors (Lipinski definition) is 3. The van der Waals surface area contributed by atoms with Gasteiger partial charge in [-0.1, -0.05) is 12.2 Å². The van der Waals surface area contributed by atoms with E-state index in [1.807, 2.05) is 0 Å². The summed E-state index contributed by atoms with van der Waals surface area (Å²) in [6, 6.07) is 0. The van der Waals surface area contributed by atoms with Crippen LogP contribution in [0.15, 0.2) is 12.2 Å². The molecule has 0 amide bonds. The summed E-state index contributed by atoms with van der Waals surface area (Å²) in [5.41, 5.74) is 0. The van der Waals surface area contributed by atoms with Gasteiger partial charge >= 0.3 is 0 Å². The van der Waals surface area contributed by atoms with E-state index in [9.17, 15) is 0 Å². The molecule has 1 saturated carbocycles. The van der Waals surface area contributed by atoms with Crippen LogP contribution in [0.25, 0.3) is 0 Å². The molecular formula is C11H16O3. The minimum atomic E-state index is -0.0649. The average molecular weight is 196 g/mol. The van der Waals surface area contributed by atoms with Gasteiger partial charge in [-0.05, 0) is 18.3 Å². The number of rotatable bonds is 2. The highest BCUT2D eigenvalue weighted by Gasteiger charge is 2.57. The molecule has 0 spiro atoms. The van der Waals surface area contributed by atoms with Gasteiger partial charge in [0.25, 0.3) is 0 Å². The summed E-state index contributed by atoms with van der Waals surface area (Å²) < 4.78 is 16.5. The first-order valence-corrected chi connectivity index (χ1v) is 5.24. The highest BCUT2D eigenvalue weighted by Crippen LogP contribution is 2.55. The van der Waals surface area contributed by atoms with Gasteiger partial charge in [-0.3, -0.25) is 0 Å². The summed E-state index contributed by atoms with van der Waals surface area (Å²) in [5, 5.41) is 0. The van der Waals surface area contributed by atoms with Gasteiger partial charge in [0.05, 0.1) is 0 Å². The van der Waals surface area contributed by atoms with Gasteiger partial charge in [-0.2, -0.15) is 0 Å². The third-order valence-corrected chi connectivity index (χ3v) is 3.94. The van der Waals surface area contributed by atoms with Crippen molar-refractivity contribution in [1.29, 1.82) is 0 Å². The molecular weight excluding hydrogens is 180 g/mol. The monoisotopic (exact) mass is 196 g/mol. The summed E-state index contributed by atoms with van der Waals surface area (Å²) >= 11 is 0. The average Bonchev–Trinajstić information content (AvgIpc) is 2.88. The number of methoxy groups -OCH3 is 2. The van der Waals surface area contributed by atoms with Crippen LogP contribution in [0.1, 0.15) is 6.42 Å². The first kappa shape index (κ1) is 8.89. The maximum absolute atomic E-state index is 5.72. The molecule has 3 aliphatic rings. The van der Waals surface area contributed by atoms with Crippen LogP contribution in [-0.4, -0.2) is 26.8 Å². The fourth-order valence-electron chi connectivity index (χ4n) is 3.40. The molecule has 3 heteroatoms. The van der Waals surface area contributed by atoms with E-state index < -0.39 is 0 Å². The van der Waals surface area contributed by atoms with Crippen LogP contribution in [-0.2, 0) is 14.2 Å². The Kier molecular flexibility index (Phi) is 1.94. The van der Waals surface area contributed by atoms with E-state index in [0.29, 0.717) is 23.7 Å². The summed E-state index contributed by atoms with van der Waals surface area (Å²) in [4.78, 5) is 0. The lowest BCUT2D eigenvalue weighted by Crippen LogP contribution is -2.27. The first-order chi connectivity index (χ1) is 6.85. The second kappa shape index (κ2) is 3.05. The van der Waals surface area contributed by atoms with Crippen LogP contribution in [0, 0.1) is 23.7 Å². The minimum absolute atomic E-state index is 0.0649. The predicted octanol–water partition coefficient (Wildman–Crippen LogP) is 1.40. The van der Waals surface area contributed by atoms with Gasteiger partial charge in [0.15, 0.2) is 12.6 Å². The fourth-order valence-corrected chi connectivity index (χ4v) is 3.40. The van der Waals surface area contributed by atoms with Crippen LogP contribution in [0.4, 0.5) is 0 Å². The molecule has 0 aromatic rings. The Hall–Kier alpha value is -0.380. The lowest BCUT2D eigenvalue weighted by Gasteiger charge is -2.23. The van der Waals surface area contributed by atoms with Crippen molar-refractivity contribution in [2.45, 2.75) is 19.0 Å². The number of fused-ring (bicyclic) bond motifs is 5. The largest absolute Gasteiger partial charge is 0.355 e. The molecule has 14 heavy (non-hydrogen) atoms. The van der Waals surface area contributed by atoms with Crippen LogP contribution < -0.4 is 0 Å². The Morgan fingerprint density at radius 3 is 1.93 bits per heavy atom. The van der Waals surface area contributed by atoms with Crippen LogP contribution >= 0.6 is 0 Å². The van der Waals surface area contributed by atoms with Crippen molar-refractivity contribution in [2.75, 3.05) is 14.2 Å². The zero-order chi connectivity index (χ0) is 9.71. The lowest BCUT2D eigenvalue weighted by molar-refractivity contribution is -0.202. The molecule has 0 aromatic carbocycles. The highest BCUT2D eigenvalue weighted by atomic mass is 16.8. The lowest BCUT2D eigenvalue weighted by atomic mass is 9.84. The molecule has 2 fully saturated rings. The molecule has 0 radical (unpaired) electrons. The molecule has 3 nitrogen and oxygen atoms in total. The quantitative estimate of drug-likeness (QED) is 0.625. The molecule has 1 aliphatic heterocycles. The Balaban J connectivity index is 1.89. The van der Waals surface area contributed by atoms with Gasteiger partial charge in [0, 0.05) is 26.1 Å². The van der Waals surface area contributed by atoms with Crippen molar-refractivity contribution in [2.24, 2.45) is 23.7 Å². The summed E-state index contributed by atoms with van der Waals surface area (Å²) in [7, 11) is 3.44. The standard InChI is InChI=1S/C11H16O3/c1-12-10-8-6-3-4-7(5-6)9(8)11(13-2)14-10/h3-4,6-11H,5H2,1-2H3/t6-,7+,8+,9-,10-,11+.